The van der Waals surface area contributed by atoms with Crippen LogP contribution in [0.1, 0.15) is 5.69 Å². The summed E-state index contributed by atoms with van der Waals surface area (Å²) in [6.07, 6.45) is 1.76. The van der Waals surface area contributed by atoms with Gasteiger partial charge in [0.1, 0.15) is 0 Å². The van der Waals surface area contributed by atoms with Crippen molar-refractivity contribution in [2.45, 2.75) is 11.8 Å². The number of fused-ring (bicyclic) bond motifs is 1. The molecule has 2 aromatic rings. The average Bonchev–Trinajstić information content (AvgIpc) is 2.27. The molecule has 2 rings (SSSR count). The first-order chi connectivity index (χ1) is 7.65. The van der Waals surface area contributed by atoms with Crippen molar-refractivity contribution >= 4 is 28.6 Å². The number of hydrogen-bond donors (Lipinski definition) is 0. The molecule has 0 fully saturated rings. The summed E-state index contributed by atoms with van der Waals surface area (Å²) in [6, 6.07) is 5.65. The van der Waals surface area contributed by atoms with Gasteiger partial charge in [-0.15, -0.1) is 0 Å². The lowest BCUT2D eigenvalue weighted by Gasteiger charge is -2.18. The number of hydrogen-bond acceptors (Lipinski definition) is 3. The fraction of sp³-hybridized carbons (Fsp3) is 0.250. The molecule has 16 heavy (non-hydrogen) atoms. The number of benzene rings is 1. The predicted molar refractivity (Wildman–Crippen MR) is 67.8 cm³/mol. The maximum absolute atomic E-state index is 12.8. The molecule has 0 aliphatic carbocycles. The Bertz CT molecular complexity index is 526. The monoisotopic (exact) mass is 236 g/mol. The number of halogens is 1. The zero-order chi connectivity index (χ0) is 11.7. The largest absolute Gasteiger partial charge is 0.376 e. The number of aryl methyl sites for hydroxylation is 1. The second-order valence-corrected chi connectivity index (χ2v) is 4.47. The van der Waals surface area contributed by atoms with Crippen molar-refractivity contribution in [2.75, 3.05) is 19.0 Å². The topological polar surface area (TPSA) is 16.1 Å². The zero-order valence-electron chi connectivity index (χ0n) is 9.49. The van der Waals surface area contributed by atoms with Crippen LogP contribution in [0.5, 0.6) is 0 Å². The SMILES string of the molecule is Cc1nccc2c(N(C)C)c(SF)ccc12. The molecule has 1 aromatic carbocycles. The Kier molecular flexibility index (Phi) is 3.01. The molecule has 0 saturated heterocycles. The molecule has 0 unspecified atom stereocenters. The van der Waals surface area contributed by atoms with Crippen molar-refractivity contribution in [1.82, 2.24) is 4.98 Å². The summed E-state index contributed by atoms with van der Waals surface area (Å²) in [5.41, 5.74) is 1.88. The highest BCUT2D eigenvalue weighted by molar-refractivity contribution is 7.94. The highest BCUT2D eigenvalue weighted by Gasteiger charge is 2.11. The lowest BCUT2D eigenvalue weighted by atomic mass is 10.1. The number of aromatic nitrogens is 1. The lowest BCUT2D eigenvalue weighted by Crippen LogP contribution is -2.10. The molecular formula is C12H13FN2S. The summed E-state index contributed by atoms with van der Waals surface area (Å²) in [7, 11) is 3.84. The molecule has 84 valence electrons. The molecule has 0 atom stereocenters. The van der Waals surface area contributed by atoms with Gasteiger partial charge in [-0.2, -0.15) is 3.89 Å². The smallest absolute Gasteiger partial charge is 0.0834 e. The standard InChI is InChI=1S/C12H13FN2S/c1-8-9-4-5-11(16-13)12(15(2)3)10(9)6-7-14-8/h4-7H,1-3H3. The minimum absolute atomic E-state index is 0.282. The Morgan fingerprint density at radius 1 is 1.19 bits per heavy atom. The van der Waals surface area contributed by atoms with Crippen LogP contribution in [0.15, 0.2) is 29.3 Å². The van der Waals surface area contributed by atoms with E-state index in [1.807, 2.05) is 38.1 Å². The van der Waals surface area contributed by atoms with Crippen LogP contribution in [0.25, 0.3) is 10.8 Å². The predicted octanol–water partition coefficient (Wildman–Crippen LogP) is 3.59. The second kappa shape index (κ2) is 4.29. The number of rotatable bonds is 2. The van der Waals surface area contributed by atoms with Crippen LogP contribution in [0.4, 0.5) is 9.57 Å². The Hall–Kier alpha value is -1.29. The molecule has 0 saturated carbocycles. The molecule has 0 spiro atoms. The molecule has 0 bridgehead atoms. The molecule has 0 amide bonds. The van der Waals surface area contributed by atoms with Crippen LogP contribution in [0, 0.1) is 6.92 Å². The Morgan fingerprint density at radius 3 is 2.56 bits per heavy atom. The summed E-state index contributed by atoms with van der Waals surface area (Å²) in [5, 5.41) is 2.11. The van der Waals surface area contributed by atoms with E-state index in [9.17, 15) is 3.89 Å². The first-order valence-corrected chi connectivity index (χ1v) is 5.71. The van der Waals surface area contributed by atoms with Gasteiger partial charge in [-0.3, -0.25) is 4.98 Å². The van der Waals surface area contributed by atoms with Crippen LogP contribution >= 0.6 is 12.1 Å². The maximum atomic E-state index is 12.8. The van der Waals surface area contributed by atoms with Gasteiger partial charge in [0.15, 0.2) is 0 Å². The van der Waals surface area contributed by atoms with E-state index in [1.165, 1.54) is 0 Å². The summed E-state index contributed by atoms with van der Waals surface area (Å²) < 4.78 is 12.8. The molecule has 2 nitrogen and oxygen atoms in total. The van der Waals surface area contributed by atoms with E-state index in [2.05, 4.69) is 4.98 Å². The van der Waals surface area contributed by atoms with Gasteiger partial charge in [0.25, 0.3) is 0 Å². The summed E-state index contributed by atoms with van der Waals surface area (Å²) in [6.45, 7) is 1.96. The Balaban J connectivity index is 2.84. The highest BCUT2D eigenvalue weighted by Crippen LogP contribution is 2.36. The fourth-order valence-corrected chi connectivity index (χ4v) is 2.37. The van der Waals surface area contributed by atoms with Crippen molar-refractivity contribution in [3.8, 4) is 0 Å². The summed E-state index contributed by atoms with van der Waals surface area (Å²) in [5.74, 6) is 0. The third-order valence-electron chi connectivity index (χ3n) is 2.61. The van der Waals surface area contributed by atoms with Crippen LogP contribution in [0.2, 0.25) is 0 Å². The van der Waals surface area contributed by atoms with Crippen molar-refractivity contribution in [2.24, 2.45) is 0 Å². The number of anilines is 1. The summed E-state index contributed by atoms with van der Waals surface area (Å²) >= 11 is 0.282. The third-order valence-corrected chi connectivity index (χ3v) is 3.11. The average molecular weight is 236 g/mol. The van der Waals surface area contributed by atoms with Crippen molar-refractivity contribution < 1.29 is 3.89 Å². The molecule has 1 heterocycles. The minimum Gasteiger partial charge on any atom is -0.376 e. The van der Waals surface area contributed by atoms with E-state index in [1.54, 1.807) is 12.3 Å². The van der Waals surface area contributed by atoms with Gasteiger partial charge in [0.2, 0.25) is 0 Å². The first kappa shape index (κ1) is 11.2. The van der Waals surface area contributed by atoms with Gasteiger partial charge in [-0.25, -0.2) is 0 Å². The Morgan fingerprint density at radius 2 is 1.94 bits per heavy atom. The maximum Gasteiger partial charge on any atom is 0.0834 e. The van der Waals surface area contributed by atoms with Crippen LogP contribution in [0.3, 0.4) is 0 Å². The number of nitrogens with zero attached hydrogens (tertiary/aromatic N) is 2. The lowest BCUT2D eigenvalue weighted by molar-refractivity contribution is 0.932. The van der Waals surface area contributed by atoms with Gasteiger partial charge in [-0.05, 0) is 19.1 Å². The fourth-order valence-electron chi connectivity index (χ4n) is 1.89. The molecule has 0 aliphatic rings. The molecular weight excluding hydrogens is 223 g/mol. The van der Waals surface area contributed by atoms with Crippen molar-refractivity contribution in [3.63, 3.8) is 0 Å². The Labute approximate surface area is 98.8 Å². The van der Waals surface area contributed by atoms with E-state index >= 15 is 0 Å². The molecule has 0 aliphatic heterocycles. The van der Waals surface area contributed by atoms with Crippen molar-refractivity contribution in [3.05, 3.63) is 30.1 Å². The minimum atomic E-state index is 0.282. The van der Waals surface area contributed by atoms with E-state index in [0.717, 1.165) is 22.2 Å². The zero-order valence-corrected chi connectivity index (χ0v) is 10.3. The van der Waals surface area contributed by atoms with E-state index < -0.39 is 0 Å². The van der Waals surface area contributed by atoms with Gasteiger partial charge in [0.05, 0.1) is 22.7 Å². The van der Waals surface area contributed by atoms with Gasteiger partial charge in [-0.1, -0.05) is 6.07 Å². The van der Waals surface area contributed by atoms with E-state index in [4.69, 9.17) is 0 Å². The summed E-state index contributed by atoms with van der Waals surface area (Å²) in [4.78, 5) is 6.82. The van der Waals surface area contributed by atoms with E-state index in [-0.39, 0.29) is 12.1 Å². The molecule has 0 N–H and O–H groups in total. The van der Waals surface area contributed by atoms with Gasteiger partial charge < -0.3 is 4.90 Å². The van der Waals surface area contributed by atoms with Gasteiger partial charge in [0, 0.05) is 36.8 Å². The van der Waals surface area contributed by atoms with Crippen LogP contribution < -0.4 is 4.90 Å². The molecule has 0 radical (unpaired) electrons. The first-order valence-electron chi connectivity index (χ1n) is 4.99. The third kappa shape index (κ3) is 1.73. The second-order valence-electron chi connectivity index (χ2n) is 3.88. The number of pyridine rings is 1. The van der Waals surface area contributed by atoms with Crippen LogP contribution in [-0.2, 0) is 0 Å². The highest BCUT2D eigenvalue weighted by atomic mass is 32.2. The van der Waals surface area contributed by atoms with E-state index in [0.29, 0.717) is 4.90 Å². The normalized spacial score (nSPS) is 10.8. The van der Waals surface area contributed by atoms with Crippen molar-refractivity contribution in [1.29, 1.82) is 0 Å². The molecule has 4 heteroatoms. The molecule has 1 aromatic heterocycles. The quantitative estimate of drug-likeness (QED) is 0.792. The van der Waals surface area contributed by atoms with Gasteiger partial charge >= 0.3 is 0 Å². The van der Waals surface area contributed by atoms with Crippen LogP contribution in [-0.4, -0.2) is 19.1 Å².